The molecule has 2 aliphatic rings. The summed E-state index contributed by atoms with van der Waals surface area (Å²) in [4.78, 5) is 1.63. The topological polar surface area (TPSA) is 0 Å². The lowest BCUT2D eigenvalue weighted by molar-refractivity contribution is -0.165. The number of benzene rings is 2. The van der Waals surface area contributed by atoms with Crippen molar-refractivity contribution in [1.29, 1.82) is 0 Å². The van der Waals surface area contributed by atoms with Gasteiger partial charge < -0.3 is 0 Å². The second-order valence-corrected chi connectivity index (χ2v) is 12.4. The molecule has 2 unspecified atom stereocenters. The molecule has 0 bridgehead atoms. The smallest absolute Gasteiger partial charge is 0.170 e. The van der Waals surface area contributed by atoms with Gasteiger partial charge >= 0.3 is 12.4 Å². The molecule has 2 atom stereocenters. The summed E-state index contributed by atoms with van der Waals surface area (Å²) in [6.07, 6.45) is -0.654. The summed E-state index contributed by atoms with van der Waals surface area (Å²) in [6, 6.07) is 13.2. The molecule has 2 aliphatic carbocycles. The van der Waals surface area contributed by atoms with Crippen LogP contribution in [0.15, 0.2) is 58.3 Å². The summed E-state index contributed by atoms with van der Waals surface area (Å²) in [7, 11) is 2.80. The van der Waals surface area contributed by atoms with Gasteiger partial charge in [0.25, 0.3) is 0 Å². The molecule has 0 amide bonds. The van der Waals surface area contributed by atoms with Crippen molar-refractivity contribution in [2.45, 2.75) is 112 Å². The van der Waals surface area contributed by atoms with E-state index >= 15 is 0 Å². The first-order chi connectivity index (χ1) is 18.1. The first-order valence-electron chi connectivity index (χ1n) is 13.8. The lowest BCUT2D eigenvalue weighted by Gasteiger charge is -2.32. The van der Waals surface area contributed by atoms with Crippen LogP contribution in [0.4, 0.5) is 26.3 Å². The minimum atomic E-state index is -4.26. The molecular weight excluding hydrogens is 538 g/mol. The Kier molecular flexibility index (Phi) is 11.8. The maximum Gasteiger partial charge on any atom is 0.396 e. The Morgan fingerprint density at radius 3 is 1.08 bits per heavy atom. The molecule has 38 heavy (non-hydrogen) atoms. The van der Waals surface area contributed by atoms with Crippen LogP contribution in [0.25, 0.3) is 0 Å². The second kappa shape index (κ2) is 14.4. The first kappa shape index (κ1) is 31.3. The Morgan fingerprint density at radius 2 is 0.816 bits per heavy atom. The second-order valence-electron chi connectivity index (χ2n) is 10.1. The summed E-state index contributed by atoms with van der Waals surface area (Å²) >= 11 is 0. The molecule has 0 aromatic heterocycles. The number of halogens is 6. The Hall–Kier alpha value is -1.28. The highest BCUT2D eigenvalue weighted by Gasteiger charge is 2.46. The van der Waals surface area contributed by atoms with Gasteiger partial charge in [0, 0.05) is 9.79 Å². The van der Waals surface area contributed by atoms with Crippen LogP contribution in [0, 0.1) is 11.8 Å². The minimum Gasteiger partial charge on any atom is -0.170 e. The molecule has 2 aromatic carbocycles. The Morgan fingerprint density at radius 1 is 0.526 bits per heavy atom. The first-order valence-corrected chi connectivity index (χ1v) is 16.0. The Bertz CT molecular complexity index is 861. The predicted octanol–water partition coefficient (Wildman–Crippen LogP) is 12.0. The fraction of sp³-hybridized carbons (Fsp3) is 0.600. The maximum atomic E-state index is 13.9. The van der Waals surface area contributed by atoms with Crippen molar-refractivity contribution in [3.63, 3.8) is 0 Å². The molecule has 2 aromatic rings. The van der Waals surface area contributed by atoms with Crippen molar-refractivity contribution in [2.75, 3.05) is 0 Å². The fourth-order valence-corrected chi connectivity index (χ4v) is 7.88. The van der Waals surface area contributed by atoms with E-state index in [1.54, 1.807) is 48.5 Å². The molecule has 0 heterocycles. The highest BCUT2D eigenvalue weighted by atomic mass is 33.1. The predicted molar refractivity (Wildman–Crippen MR) is 147 cm³/mol. The van der Waals surface area contributed by atoms with Crippen molar-refractivity contribution < 1.29 is 26.3 Å². The molecule has 212 valence electrons. The molecular formula is C30H38F6S2. The third-order valence-corrected chi connectivity index (χ3v) is 10.1. The van der Waals surface area contributed by atoms with Crippen LogP contribution < -0.4 is 0 Å². The van der Waals surface area contributed by atoms with Gasteiger partial charge in [-0.05, 0) is 72.9 Å². The molecule has 0 aliphatic heterocycles. The molecule has 8 heteroatoms. The van der Waals surface area contributed by atoms with Gasteiger partial charge in [-0.1, -0.05) is 98.2 Å². The Balaban J connectivity index is 0.00000195. The molecule has 0 radical (unpaired) electrons. The summed E-state index contributed by atoms with van der Waals surface area (Å²) in [5.74, 6) is -3.58. The highest BCUT2D eigenvalue weighted by Crippen LogP contribution is 2.48. The van der Waals surface area contributed by atoms with Crippen molar-refractivity contribution in [3.05, 3.63) is 59.7 Å². The molecule has 2 saturated carbocycles. The van der Waals surface area contributed by atoms with E-state index in [1.165, 1.54) is 21.6 Å². The largest absolute Gasteiger partial charge is 0.396 e. The van der Waals surface area contributed by atoms with Crippen LogP contribution in [0.1, 0.15) is 101 Å². The van der Waals surface area contributed by atoms with E-state index in [4.69, 9.17) is 0 Å². The summed E-state index contributed by atoms with van der Waals surface area (Å²) in [5.41, 5.74) is 0.628. The van der Waals surface area contributed by atoms with Gasteiger partial charge in [-0.15, -0.1) is 0 Å². The van der Waals surface area contributed by atoms with Crippen molar-refractivity contribution >= 4 is 21.6 Å². The van der Waals surface area contributed by atoms with Crippen LogP contribution in [-0.2, 0) is 0 Å². The van der Waals surface area contributed by atoms with Gasteiger partial charge in [-0.2, -0.15) is 26.3 Å². The van der Waals surface area contributed by atoms with E-state index < -0.39 is 24.2 Å². The number of rotatable bonds is 7. The zero-order valence-corrected chi connectivity index (χ0v) is 23.7. The monoisotopic (exact) mass is 576 g/mol. The third-order valence-electron chi connectivity index (χ3n) is 7.66. The zero-order chi connectivity index (χ0) is 27.8. The SMILES string of the molecule is CC.FC(F)(F)C(c1ccc(SSc2ccc(C(C3CCCCC3)C(F)(F)F)cc2)cc1)C1CCCCC1. The van der Waals surface area contributed by atoms with E-state index in [0.29, 0.717) is 36.8 Å². The standard InChI is InChI=1S/C28H32F6S2.C2H6/c29-27(30,31)25(19-7-3-1-4-8-19)21-11-15-23(16-12-21)35-36-24-17-13-22(14-18-24)26(28(32,33)34)20-9-5-2-6-10-20;1-2/h11-20,25-26H,1-10H2;1-2H3. The van der Waals surface area contributed by atoms with Crippen LogP contribution in [0.3, 0.4) is 0 Å². The van der Waals surface area contributed by atoms with Crippen molar-refractivity contribution in [1.82, 2.24) is 0 Å². The van der Waals surface area contributed by atoms with Gasteiger partial charge in [-0.25, -0.2) is 0 Å². The number of hydrogen-bond donors (Lipinski definition) is 0. The van der Waals surface area contributed by atoms with Gasteiger partial charge in [-0.3, -0.25) is 0 Å². The van der Waals surface area contributed by atoms with E-state index in [9.17, 15) is 26.3 Å². The van der Waals surface area contributed by atoms with Crippen LogP contribution >= 0.6 is 21.6 Å². The van der Waals surface area contributed by atoms with Crippen LogP contribution in [0.5, 0.6) is 0 Å². The quantitative estimate of drug-likeness (QED) is 0.237. The normalized spacial score (nSPS) is 19.4. The lowest BCUT2D eigenvalue weighted by Crippen LogP contribution is -2.29. The van der Waals surface area contributed by atoms with Gasteiger partial charge in [0.15, 0.2) is 0 Å². The summed E-state index contributed by atoms with van der Waals surface area (Å²) < 4.78 is 83.2. The average Bonchev–Trinajstić information content (AvgIpc) is 2.90. The number of hydrogen-bond acceptors (Lipinski definition) is 2. The van der Waals surface area contributed by atoms with E-state index in [1.807, 2.05) is 13.8 Å². The van der Waals surface area contributed by atoms with E-state index in [0.717, 1.165) is 48.3 Å². The molecule has 0 nitrogen and oxygen atoms in total. The van der Waals surface area contributed by atoms with E-state index in [-0.39, 0.29) is 11.8 Å². The molecule has 2 fully saturated rings. The molecule has 4 rings (SSSR count). The summed E-state index contributed by atoms with van der Waals surface area (Å²) in [5, 5.41) is 0. The summed E-state index contributed by atoms with van der Waals surface area (Å²) in [6.45, 7) is 4.00. The average molecular weight is 577 g/mol. The van der Waals surface area contributed by atoms with Crippen LogP contribution in [-0.4, -0.2) is 12.4 Å². The maximum absolute atomic E-state index is 13.9. The highest BCUT2D eigenvalue weighted by molar-refractivity contribution is 8.76. The lowest BCUT2D eigenvalue weighted by atomic mass is 9.76. The van der Waals surface area contributed by atoms with Crippen molar-refractivity contribution in [3.8, 4) is 0 Å². The van der Waals surface area contributed by atoms with E-state index in [2.05, 4.69) is 0 Å². The van der Waals surface area contributed by atoms with Crippen molar-refractivity contribution in [2.24, 2.45) is 11.8 Å². The molecule has 0 N–H and O–H groups in total. The van der Waals surface area contributed by atoms with Gasteiger partial charge in [0.2, 0.25) is 0 Å². The van der Waals surface area contributed by atoms with Gasteiger partial charge in [0.1, 0.15) is 0 Å². The van der Waals surface area contributed by atoms with Crippen LogP contribution in [0.2, 0.25) is 0 Å². The minimum absolute atomic E-state index is 0.314. The molecule has 0 saturated heterocycles. The zero-order valence-electron chi connectivity index (χ0n) is 22.1. The third kappa shape index (κ3) is 8.61. The molecule has 0 spiro atoms. The Labute approximate surface area is 231 Å². The fourth-order valence-electron chi connectivity index (χ4n) is 5.95. The number of alkyl halides is 6. The van der Waals surface area contributed by atoms with Gasteiger partial charge in [0.05, 0.1) is 11.8 Å².